The van der Waals surface area contributed by atoms with Crippen LogP contribution >= 0.6 is 0 Å². The van der Waals surface area contributed by atoms with Crippen LogP contribution in [0.3, 0.4) is 0 Å². The summed E-state index contributed by atoms with van der Waals surface area (Å²) >= 11 is 0. The fourth-order valence-corrected chi connectivity index (χ4v) is 3.40. The van der Waals surface area contributed by atoms with Crippen molar-refractivity contribution in [2.75, 3.05) is 29.5 Å². The maximum Gasteiger partial charge on any atom is 0.414 e. The van der Waals surface area contributed by atoms with Crippen LogP contribution in [0.2, 0.25) is 0 Å². The highest BCUT2D eigenvalue weighted by atomic mass is 19.1. The van der Waals surface area contributed by atoms with Crippen LogP contribution in [0.4, 0.5) is 25.1 Å². The normalized spacial score (nSPS) is 19.5. The van der Waals surface area contributed by atoms with Crippen molar-refractivity contribution in [1.29, 1.82) is 0 Å². The Morgan fingerprint density at radius 3 is 2.46 bits per heavy atom. The number of hydrogen-bond donors (Lipinski definition) is 1. The van der Waals surface area contributed by atoms with Gasteiger partial charge in [0.25, 0.3) is 0 Å². The summed E-state index contributed by atoms with van der Waals surface area (Å²) in [4.78, 5) is 30.4. The molecule has 2 aliphatic rings. The summed E-state index contributed by atoms with van der Waals surface area (Å²) in [5.74, 6) is -1.30. The fourth-order valence-electron chi connectivity index (χ4n) is 3.40. The quantitative estimate of drug-likeness (QED) is 0.869. The highest BCUT2D eigenvalue weighted by Crippen LogP contribution is 2.32. The van der Waals surface area contributed by atoms with Crippen LogP contribution in [0, 0.1) is 11.6 Å². The van der Waals surface area contributed by atoms with Gasteiger partial charge in [0.05, 0.1) is 24.4 Å². The van der Waals surface area contributed by atoms with Crippen molar-refractivity contribution in [2.24, 2.45) is 0 Å². The smallest absolute Gasteiger partial charge is 0.414 e. The minimum Gasteiger partial charge on any atom is -0.441 e. The molecular formula is C19H17F2N3O4. The Morgan fingerprint density at radius 2 is 1.93 bits per heavy atom. The summed E-state index contributed by atoms with van der Waals surface area (Å²) in [5, 5.41) is 9.08. The third-order valence-corrected chi connectivity index (χ3v) is 4.80. The number of halogens is 2. The number of nitrogens with zero attached hydrogens (tertiary/aromatic N) is 3. The van der Waals surface area contributed by atoms with E-state index in [1.165, 1.54) is 17.2 Å². The van der Waals surface area contributed by atoms with E-state index in [4.69, 9.17) is 9.84 Å². The van der Waals surface area contributed by atoms with Crippen molar-refractivity contribution in [1.82, 2.24) is 4.98 Å². The van der Waals surface area contributed by atoms with Gasteiger partial charge >= 0.3 is 6.09 Å². The molecule has 0 spiro atoms. The predicted octanol–water partition coefficient (Wildman–Crippen LogP) is 2.47. The van der Waals surface area contributed by atoms with Gasteiger partial charge in [-0.15, -0.1) is 0 Å². The second-order valence-electron chi connectivity index (χ2n) is 6.64. The molecule has 28 heavy (non-hydrogen) atoms. The lowest BCUT2D eigenvalue weighted by atomic mass is 10.1. The van der Waals surface area contributed by atoms with Gasteiger partial charge in [-0.05, 0) is 30.7 Å². The van der Waals surface area contributed by atoms with E-state index in [0.717, 1.165) is 23.5 Å². The van der Waals surface area contributed by atoms with Crippen molar-refractivity contribution < 1.29 is 28.2 Å². The van der Waals surface area contributed by atoms with Crippen molar-refractivity contribution in [3.8, 4) is 11.1 Å². The minimum atomic E-state index is -0.859. The standard InChI is InChI=1S/C19H17F2N3O4/c20-14-6-12(24-9-13(10-25)28-19(24)27)7-15(21)18(14)11-3-4-16(22-8-11)23-5-1-2-17(23)26/h3-4,6-8,13,25H,1-2,5,9-10H2. The van der Waals surface area contributed by atoms with E-state index in [0.29, 0.717) is 18.8 Å². The molecule has 1 aromatic heterocycles. The molecule has 2 fully saturated rings. The van der Waals surface area contributed by atoms with Crippen molar-refractivity contribution in [2.45, 2.75) is 18.9 Å². The number of rotatable bonds is 4. The average Bonchev–Trinajstić information content (AvgIpc) is 3.27. The highest BCUT2D eigenvalue weighted by molar-refractivity contribution is 5.94. The Kier molecular flexibility index (Phi) is 4.68. The monoisotopic (exact) mass is 389 g/mol. The molecule has 0 aliphatic carbocycles. The molecule has 146 valence electrons. The van der Waals surface area contributed by atoms with Crippen LogP contribution in [0.1, 0.15) is 12.8 Å². The molecule has 1 atom stereocenters. The number of aromatic nitrogens is 1. The first-order valence-electron chi connectivity index (χ1n) is 8.83. The molecule has 0 radical (unpaired) electrons. The molecule has 2 aliphatic heterocycles. The third-order valence-electron chi connectivity index (χ3n) is 4.80. The summed E-state index contributed by atoms with van der Waals surface area (Å²) in [7, 11) is 0. The van der Waals surface area contributed by atoms with Gasteiger partial charge in [0.1, 0.15) is 23.6 Å². The summed E-state index contributed by atoms with van der Waals surface area (Å²) in [6, 6.07) is 5.13. The molecule has 4 rings (SSSR count). The maximum atomic E-state index is 14.7. The van der Waals surface area contributed by atoms with Gasteiger partial charge in [-0.2, -0.15) is 0 Å². The van der Waals surface area contributed by atoms with Crippen molar-refractivity contribution >= 4 is 23.5 Å². The maximum absolute atomic E-state index is 14.7. The van der Waals surface area contributed by atoms with Crippen LogP contribution in [-0.2, 0) is 9.53 Å². The molecule has 3 heterocycles. The Labute approximate surface area is 159 Å². The number of benzene rings is 1. The second-order valence-corrected chi connectivity index (χ2v) is 6.64. The zero-order valence-electron chi connectivity index (χ0n) is 14.8. The lowest BCUT2D eigenvalue weighted by molar-refractivity contribution is -0.117. The van der Waals surface area contributed by atoms with E-state index in [1.807, 2.05) is 0 Å². The Bertz CT molecular complexity index is 912. The first-order valence-corrected chi connectivity index (χ1v) is 8.83. The predicted molar refractivity (Wildman–Crippen MR) is 95.9 cm³/mol. The SMILES string of the molecule is O=C1OC(CO)CN1c1cc(F)c(-c2ccc(N3CCCC3=O)nc2)c(F)c1. The van der Waals surface area contributed by atoms with Gasteiger partial charge in [0, 0.05) is 24.7 Å². The number of cyclic esters (lactones) is 1. The van der Waals surface area contributed by atoms with E-state index >= 15 is 0 Å². The van der Waals surface area contributed by atoms with Gasteiger partial charge in [0.2, 0.25) is 5.91 Å². The minimum absolute atomic E-state index is 0.00643. The Morgan fingerprint density at radius 1 is 1.18 bits per heavy atom. The van der Waals surface area contributed by atoms with Crippen LogP contribution in [-0.4, -0.2) is 47.9 Å². The fraction of sp³-hybridized carbons (Fsp3) is 0.316. The second kappa shape index (κ2) is 7.16. The van der Waals surface area contributed by atoms with E-state index in [-0.39, 0.29) is 35.9 Å². The molecule has 1 aromatic carbocycles. The number of carbonyl (C=O) groups excluding carboxylic acids is 2. The van der Waals surface area contributed by atoms with Gasteiger partial charge in [-0.1, -0.05) is 0 Å². The third kappa shape index (κ3) is 3.18. The molecule has 7 nitrogen and oxygen atoms in total. The summed E-state index contributed by atoms with van der Waals surface area (Å²) in [6.07, 6.45) is 1.02. The molecule has 2 amide bonds. The Balaban J connectivity index is 1.62. The molecule has 9 heteroatoms. The lowest BCUT2D eigenvalue weighted by Crippen LogP contribution is -2.25. The number of pyridine rings is 1. The number of aliphatic hydroxyl groups excluding tert-OH is 1. The first kappa shape index (κ1) is 18.3. The number of carbonyl (C=O) groups is 2. The largest absolute Gasteiger partial charge is 0.441 e. The van der Waals surface area contributed by atoms with Gasteiger partial charge in [-0.25, -0.2) is 18.6 Å². The molecule has 0 bridgehead atoms. The zero-order valence-corrected chi connectivity index (χ0v) is 14.8. The van der Waals surface area contributed by atoms with Gasteiger partial charge in [0.15, 0.2) is 0 Å². The molecule has 1 unspecified atom stereocenters. The number of anilines is 2. The highest BCUT2D eigenvalue weighted by Gasteiger charge is 2.33. The van der Waals surface area contributed by atoms with Crippen molar-refractivity contribution in [3.63, 3.8) is 0 Å². The van der Waals surface area contributed by atoms with Crippen LogP contribution < -0.4 is 9.80 Å². The number of amides is 2. The Hall–Kier alpha value is -3.07. The zero-order chi connectivity index (χ0) is 19.8. The number of aliphatic hydroxyl groups is 1. The van der Waals surface area contributed by atoms with Crippen molar-refractivity contribution in [3.05, 3.63) is 42.1 Å². The molecule has 0 saturated carbocycles. The molecular weight excluding hydrogens is 372 g/mol. The molecule has 1 N–H and O–H groups in total. The summed E-state index contributed by atoms with van der Waals surface area (Å²) < 4.78 is 34.2. The van der Waals surface area contributed by atoms with Crippen LogP contribution in [0.15, 0.2) is 30.5 Å². The first-order chi connectivity index (χ1) is 13.5. The van der Waals surface area contributed by atoms with Crippen LogP contribution in [0.5, 0.6) is 0 Å². The van der Waals surface area contributed by atoms with Gasteiger partial charge < -0.3 is 9.84 Å². The average molecular weight is 389 g/mol. The van der Waals surface area contributed by atoms with E-state index < -0.39 is 23.8 Å². The number of hydrogen-bond acceptors (Lipinski definition) is 5. The summed E-state index contributed by atoms with van der Waals surface area (Å²) in [6.45, 7) is 0.208. The summed E-state index contributed by atoms with van der Waals surface area (Å²) in [5.41, 5.74) is -0.0528. The van der Waals surface area contributed by atoms with E-state index in [9.17, 15) is 18.4 Å². The van der Waals surface area contributed by atoms with E-state index in [2.05, 4.69) is 4.98 Å². The topological polar surface area (TPSA) is 83.0 Å². The van der Waals surface area contributed by atoms with E-state index in [1.54, 1.807) is 6.07 Å². The lowest BCUT2D eigenvalue weighted by Gasteiger charge is -2.16. The molecule has 2 aromatic rings. The molecule has 2 saturated heterocycles. The number of ether oxygens (including phenoxy) is 1. The van der Waals surface area contributed by atoms with Gasteiger partial charge in [-0.3, -0.25) is 14.6 Å². The van der Waals surface area contributed by atoms with Crippen LogP contribution in [0.25, 0.3) is 11.1 Å².